The molecule has 4 aromatic carbocycles. The molecule has 13 rings (SSSR count). The molecule has 4 heteroatoms. The van der Waals surface area contributed by atoms with E-state index in [9.17, 15) is 4.79 Å². The molecule has 2 aromatic heterocycles. The molecule has 2 heterocycles. The minimum absolute atomic E-state index is 0.195. The Bertz CT molecular complexity index is 2070. The normalized spacial score (nSPS) is 25.4. The van der Waals surface area contributed by atoms with Crippen LogP contribution in [0.15, 0.2) is 134 Å². The fourth-order valence-corrected chi connectivity index (χ4v) is 10.1. The number of aryl methyl sites for hydroxylation is 1. The first-order valence-electron chi connectivity index (χ1n) is 16.6. The molecule has 1 fully saturated rings. The third-order valence-electron chi connectivity index (χ3n) is 11.6. The first-order valence-corrected chi connectivity index (χ1v) is 16.6. The lowest BCUT2D eigenvalue weighted by Crippen LogP contribution is -2.55. The molecule has 2 spiro atoms. The van der Waals surface area contributed by atoms with Crippen LogP contribution in [0.25, 0.3) is 11.4 Å². The van der Waals surface area contributed by atoms with Gasteiger partial charge >= 0.3 is 5.97 Å². The summed E-state index contributed by atoms with van der Waals surface area (Å²) in [7, 11) is 0. The van der Waals surface area contributed by atoms with Gasteiger partial charge in [-0.1, -0.05) is 97.1 Å². The van der Waals surface area contributed by atoms with Crippen LogP contribution in [0.2, 0.25) is 0 Å². The monoisotopic (exact) mass is 608 g/mol. The molecular formula is C43H32N2O2. The lowest BCUT2D eigenvalue weighted by atomic mass is 9.42. The number of pyridine rings is 2. The molecule has 0 atom stereocenters. The van der Waals surface area contributed by atoms with Gasteiger partial charge in [-0.3, -0.25) is 9.97 Å². The van der Waals surface area contributed by atoms with Crippen molar-refractivity contribution in [1.82, 2.24) is 9.97 Å². The Kier molecular flexibility index (Phi) is 5.47. The minimum Gasteiger partial charge on any atom is -0.459 e. The summed E-state index contributed by atoms with van der Waals surface area (Å²) in [4.78, 5) is 23.1. The van der Waals surface area contributed by atoms with Crippen LogP contribution in [-0.2, 0) is 15.6 Å². The van der Waals surface area contributed by atoms with Crippen molar-refractivity contribution >= 4 is 5.97 Å². The predicted octanol–water partition coefficient (Wildman–Crippen LogP) is 8.65. The van der Waals surface area contributed by atoms with E-state index in [1.807, 2.05) is 25.1 Å². The van der Waals surface area contributed by atoms with Gasteiger partial charge in [-0.05, 0) is 94.1 Å². The zero-order chi connectivity index (χ0) is 31.3. The highest BCUT2D eigenvalue weighted by molar-refractivity contribution is 5.90. The van der Waals surface area contributed by atoms with Crippen LogP contribution in [0.5, 0.6) is 0 Å². The molecule has 6 aromatic rings. The number of carbonyl (C=O) groups is 1. The summed E-state index contributed by atoms with van der Waals surface area (Å²) >= 11 is 0. The van der Waals surface area contributed by atoms with Crippen molar-refractivity contribution in [2.24, 2.45) is 0 Å². The third-order valence-corrected chi connectivity index (χ3v) is 11.6. The molecule has 0 aliphatic heterocycles. The average molecular weight is 609 g/mol. The first kappa shape index (κ1) is 26.8. The van der Waals surface area contributed by atoms with E-state index >= 15 is 0 Å². The van der Waals surface area contributed by atoms with Crippen LogP contribution in [-0.4, -0.2) is 22.0 Å². The largest absolute Gasteiger partial charge is 0.459 e. The summed E-state index contributed by atoms with van der Waals surface area (Å²) < 4.78 is 6.65. The Hall–Kier alpha value is -5.35. The van der Waals surface area contributed by atoms with E-state index in [0.717, 1.165) is 11.3 Å². The van der Waals surface area contributed by atoms with Crippen molar-refractivity contribution in [3.05, 3.63) is 189 Å². The van der Waals surface area contributed by atoms with Crippen molar-refractivity contribution in [3.8, 4) is 11.4 Å². The number of aromatic nitrogens is 2. The highest BCUT2D eigenvalue weighted by Gasteiger charge is 2.69. The summed E-state index contributed by atoms with van der Waals surface area (Å²) in [5, 5.41) is 0. The van der Waals surface area contributed by atoms with Gasteiger partial charge in [0.2, 0.25) is 0 Å². The van der Waals surface area contributed by atoms with Crippen molar-refractivity contribution in [2.75, 3.05) is 0 Å². The Balaban J connectivity index is 1.19. The lowest BCUT2D eigenvalue weighted by molar-refractivity contribution is 0.0302. The van der Waals surface area contributed by atoms with Crippen LogP contribution < -0.4 is 0 Å². The van der Waals surface area contributed by atoms with Crippen LogP contribution in [0.4, 0.5) is 0 Å². The predicted molar refractivity (Wildman–Crippen MR) is 182 cm³/mol. The molecule has 47 heavy (non-hydrogen) atoms. The second-order valence-corrected chi connectivity index (χ2v) is 13.7. The van der Waals surface area contributed by atoms with E-state index in [1.165, 1.54) is 44.5 Å². The molecular weight excluding hydrogens is 576 g/mol. The zero-order valence-corrected chi connectivity index (χ0v) is 26.1. The smallest absolute Gasteiger partial charge is 0.338 e. The Morgan fingerprint density at radius 2 is 1.02 bits per heavy atom. The van der Waals surface area contributed by atoms with Gasteiger partial charge in [0.25, 0.3) is 0 Å². The third kappa shape index (κ3) is 3.40. The maximum absolute atomic E-state index is 14.1. The number of nitrogens with zero attached hydrogens (tertiary/aromatic N) is 2. The van der Waals surface area contributed by atoms with Gasteiger partial charge in [-0.2, -0.15) is 0 Å². The quantitative estimate of drug-likeness (QED) is 0.189. The molecule has 7 aliphatic rings. The minimum atomic E-state index is -0.423. The lowest BCUT2D eigenvalue weighted by Gasteiger charge is -2.60. The molecule has 226 valence electrons. The average Bonchev–Trinajstić information content (AvgIpc) is 3.42. The van der Waals surface area contributed by atoms with Gasteiger partial charge in [0, 0.05) is 35.1 Å². The molecule has 0 radical (unpaired) electrons. The maximum Gasteiger partial charge on any atom is 0.338 e. The van der Waals surface area contributed by atoms with Crippen molar-refractivity contribution in [2.45, 2.75) is 48.5 Å². The summed E-state index contributed by atoms with van der Waals surface area (Å²) in [5.41, 5.74) is 13.3. The molecule has 0 unspecified atom stereocenters. The van der Waals surface area contributed by atoms with Gasteiger partial charge in [0.1, 0.15) is 6.10 Å². The van der Waals surface area contributed by atoms with Gasteiger partial charge in [-0.25, -0.2) is 4.79 Å². The topological polar surface area (TPSA) is 52.1 Å². The van der Waals surface area contributed by atoms with Crippen molar-refractivity contribution < 1.29 is 9.53 Å². The van der Waals surface area contributed by atoms with Gasteiger partial charge < -0.3 is 4.74 Å². The van der Waals surface area contributed by atoms with Gasteiger partial charge in [0.15, 0.2) is 0 Å². The van der Waals surface area contributed by atoms with E-state index in [1.54, 1.807) is 18.5 Å². The number of hydrogen-bond donors (Lipinski definition) is 0. The summed E-state index contributed by atoms with van der Waals surface area (Å²) in [6.45, 7) is 2.03. The number of benzene rings is 4. The number of esters is 1. The Labute approximate surface area is 274 Å². The molecule has 0 saturated heterocycles. The van der Waals surface area contributed by atoms with Crippen LogP contribution in [0.1, 0.15) is 85.1 Å². The fraction of sp³-hybridized carbons (Fsp3) is 0.186. The standard InChI is InChI=1S/C43H32N2O2/c1-26-18-20-44-37(22-26)38-23-27(19-21-45-38)41(46)47-28-24-42-33-14-6-2-10-29(33)39(30-11-3-7-15-34(30)42)40-31-12-4-8-16-35(31)43(42,25-28)36-17-9-5-13-32(36)40/h2-23,28,39-40H,24-25H2,1H3. The van der Waals surface area contributed by atoms with Crippen molar-refractivity contribution in [3.63, 3.8) is 0 Å². The molecule has 1 saturated carbocycles. The number of hydrogen-bond acceptors (Lipinski definition) is 4. The van der Waals surface area contributed by atoms with Gasteiger partial charge in [0.05, 0.1) is 17.0 Å². The number of ether oxygens (including phenoxy) is 1. The van der Waals surface area contributed by atoms with Crippen molar-refractivity contribution in [1.29, 1.82) is 0 Å². The van der Waals surface area contributed by atoms with E-state index in [2.05, 4.69) is 107 Å². The SMILES string of the molecule is Cc1ccnc(-c2cc(C(=O)OC3CC45c6ccccc6C(c6ccccc64)C4c6ccccc6C5(C3)c3ccccc34)ccn2)c1. The fourth-order valence-electron chi connectivity index (χ4n) is 10.1. The van der Waals surface area contributed by atoms with Crippen LogP contribution >= 0.6 is 0 Å². The highest BCUT2D eigenvalue weighted by atomic mass is 16.5. The summed E-state index contributed by atoms with van der Waals surface area (Å²) in [6, 6.07) is 44.0. The molecule has 4 bridgehead atoms. The number of carbonyl (C=O) groups excluding carboxylic acids is 1. The number of rotatable bonds is 3. The second-order valence-electron chi connectivity index (χ2n) is 13.7. The van der Waals surface area contributed by atoms with E-state index < -0.39 is 10.8 Å². The Morgan fingerprint density at radius 3 is 1.49 bits per heavy atom. The zero-order valence-electron chi connectivity index (χ0n) is 26.1. The summed E-state index contributed by atoms with van der Waals surface area (Å²) in [6.07, 6.45) is 4.53. The van der Waals surface area contributed by atoms with E-state index in [0.29, 0.717) is 24.1 Å². The van der Waals surface area contributed by atoms with E-state index in [-0.39, 0.29) is 23.9 Å². The second kappa shape index (κ2) is 9.59. The summed E-state index contributed by atoms with van der Waals surface area (Å²) in [5.74, 6) is 0.0697. The molecule has 0 amide bonds. The molecule has 4 nitrogen and oxygen atoms in total. The Morgan fingerprint density at radius 1 is 0.596 bits per heavy atom. The molecule has 7 aliphatic carbocycles. The maximum atomic E-state index is 14.1. The molecule has 0 N–H and O–H groups in total. The van der Waals surface area contributed by atoms with Gasteiger partial charge in [-0.15, -0.1) is 0 Å². The first-order chi connectivity index (χ1) is 23.1. The van der Waals surface area contributed by atoms with E-state index in [4.69, 9.17) is 4.74 Å². The van der Waals surface area contributed by atoms with Crippen LogP contribution in [0.3, 0.4) is 0 Å². The van der Waals surface area contributed by atoms with Crippen LogP contribution in [0, 0.1) is 6.92 Å². The highest BCUT2D eigenvalue weighted by Crippen LogP contribution is 2.73.